The van der Waals surface area contributed by atoms with E-state index >= 15 is 0 Å². The maximum atomic E-state index is 12.9. The van der Waals surface area contributed by atoms with Gasteiger partial charge in [-0.1, -0.05) is 12.1 Å². The lowest BCUT2D eigenvalue weighted by molar-refractivity contribution is 0.0696. The van der Waals surface area contributed by atoms with Gasteiger partial charge in [-0.15, -0.1) is 0 Å². The molecule has 32 heavy (non-hydrogen) atoms. The number of anilines is 1. The van der Waals surface area contributed by atoms with Crippen LogP contribution in [-0.4, -0.2) is 30.4 Å². The monoisotopic (exact) mass is 437 g/mol. The van der Waals surface area contributed by atoms with E-state index in [1.54, 1.807) is 36.4 Å². The molecule has 0 bridgehead atoms. The van der Waals surface area contributed by atoms with E-state index in [2.05, 4.69) is 15.8 Å². The van der Waals surface area contributed by atoms with E-state index in [4.69, 9.17) is 14.6 Å². The molecule has 0 aliphatic heterocycles. The third kappa shape index (κ3) is 6.30. The van der Waals surface area contributed by atoms with Gasteiger partial charge in [0, 0.05) is 5.69 Å². The number of benzene rings is 3. The molecule has 0 unspecified atom stereocenters. The molecule has 0 heterocycles. The zero-order valence-electron chi connectivity index (χ0n) is 17.0. The molecular weight excluding hydrogens is 417 g/mol. The Bertz CT molecular complexity index is 1130. The molecule has 3 rings (SSSR count). The average molecular weight is 437 g/mol. The van der Waals surface area contributed by atoms with Crippen LogP contribution in [0.25, 0.3) is 0 Å². The molecule has 0 spiro atoms. The molecule has 8 nitrogen and oxygen atoms in total. The first-order chi connectivity index (χ1) is 15.4. The SMILES string of the molecule is COc1cc(/C=N/NC(=O)Nc2ccc(F)cc2)ccc1OCc1cccc(C(=O)O)c1. The number of urea groups is 1. The highest BCUT2D eigenvalue weighted by atomic mass is 19.1. The largest absolute Gasteiger partial charge is 0.493 e. The van der Waals surface area contributed by atoms with Crippen LogP contribution in [0, 0.1) is 5.82 Å². The lowest BCUT2D eigenvalue weighted by atomic mass is 10.1. The van der Waals surface area contributed by atoms with Crippen LogP contribution in [0.4, 0.5) is 14.9 Å². The molecule has 0 radical (unpaired) electrons. The minimum absolute atomic E-state index is 0.163. The van der Waals surface area contributed by atoms with Crippen molar-refractivity contribution in [2.75, 3.05) is 12.4 Å². The summed E-state index contributed by atoms with van der Waals surface area (Å²) in [5, 5.41) is 15.5. The number of hydrogen-bond acceptors (Lipinski definition) is 5. The molecule has 0 fully saturated rings. The summed E-state index contributed by atoms with van der Waals surface area (Å²) in [5.41, 5.74) is 4.27. The number of carbonyl (C=O) groups is 2. The zero-order chi connectivity index (χ0) is 22.9. The van der Waals surface area contributed by atoms with Crippen LogP contribution < -0.4 is 20.2 Å². The van der Waals surface area contributed by atoms with Crippen molar-refractivity contribution in [1.29, 1.82) is 0 Å². The topological polar surface area (TPSA) is 109 Å². The van der Waals surface area contributed by atoms with Crippen molar-refractivity contribution in [3.63, 3.8) is 0 Å². The fraction of sp³-hybridized carbons (Fsp3) is 0.0870. The second-order valence-corrected chi connectivity index (χ2v) is 6.54. The number of ether oxygens (including phenoxy) is 2. The van der Waals surface area contributed by atoms with Gasteiger partial charge in [0.25, 0.3) is 0 Å². The number of methoxy groups -OCH3 is 1. The maximum Gasteiger partial charge on any atom is 0.339 e. The molecule has 9 heteroatoms. The van der Waals surface area contributed by atoms with Crippen LogP contribution >= 0.6 is 0 Å². The van der Waals surface area contributed by atoms with Crippen LogP contribution in [0.2, 0.25) is 0 Å². The second-order valence-electron chi connectivity index (χ2n) is 6.54. The van der Waals surface area contributed by atoms with Gasteiger partial charge in [-0.3, -0.25) is 0 Å². The number of rotatable bonds is 8. The Kier molecular flexibility index (Phi) is 7.37. The molecule has 3 N–H and O–H groups in total. The van der Waals surface area contributed by atoms with Crippen molar-refractivity contribution in [3.8, 4) is 11.5 Å². The Morgan fingerprint density at radius 3 is 2.56 bits per heavy atom. The first-order valence-corrected chi connectivity index (χ1v) is 9.43. The molecule has 0 atom stereocenters. The van der Waals surface area contributed by atoms with Gasteiger partial charge >= 0.3 is 12.0 Å². The van der Waals surface area contributed by atoms with Crippen LogP contribution in [0.5, 0.6) is 11.5 Å². The predicted octanol–water partition coefficient (Wildman–Crippen LogP) is 4.27. The van der Waals surface area contributed by atoms with E-state index < -0.39 is 17.8 Å². The number of hydrogen-bond donors (Lipinski definition) is 3. The van der Waals surface area contributed by atoms with E-state index in [0.29, 0.717) is 28.3 Å². The second kappa shape index (κ2) is 10.6. The van der Waals surface area contributed by atoms with Gasteiger partial charge in [-0.05, 0) is 65.7 Å². The lowest BCUT2D eigenvalue weighted by Gasteiger charge is -2.11. The summed E-state index contributed by atoms with van der Waals surface area (Å²) in [4.78, 5) is 22.9. The van der Waals surface area contributed by atoms with Crippen molar-refractivity contribution in [3.05, 3.63) is 89.2 Å². The molecule has 2 amide bonds. The molecule has 0 saturated carbocycles. The Hall–Kier alpha value is -4.40. The number of aromatic carboxylic acids is 1. The number of hydrazone groups is 1. The van der Waals surface area contributed by atoms with Crippen LogP contribution in [0.1, 0.15) is 21.5 Å². The minimum atomic E-state index is -1.01. The highest BCUT2D eigenvalue weighted by Gasteiger charge is 2.08. The fourth-order valence-corrected chi connectivity index (χ4v) is 2.70. The molecule has 0 saturated heterocycles. The van der Waals surface area contributed by atoms with Crippen molar-refractivity contribution < 1.29 is 28.6 Å². The molecular formula is C23H20FN3O5. The lowest BCUT2D eigenvalue weighted by Crippen LogP contribution is -2.24. The third-order valence-corrected chi connectivity index (χ3v) is 4.24. The summed E-state index contributed by atoms with van der Waals surface area (Å²) in [6.45, 7) is 0.163. The third-order valence-electron chi connectivity index (χ3n) is 4.24. The predicted molar refractivity (Wildman–Crippen MR) is 117 cm³/mol. The van der Waals surface area contributed by atoms with Gasteiger partial charge in [-0.25, -0.2) is 19.4 Å². The molecule has 3 aromatic rings. The summed E-state index contributed by atoms with van der Waals surface area (Å²) in [7, 11) is 1.49. The molecule has 164 valence electrons. The van der Waals surface area contributed by atoms with Crippen molar-refractivity contribution in [2.24, 2.45) is 5.10 Å². The Morgan fingerprint density at radius 2 is 1.84 bits per heavy atom. The van der Waals surface area contributed by atoms with Gasteiger partial charge < -0.3 is 19.9 Å². The normalized spacial score (nSPS) is 10.6. The number of nitrogens with one attached hydrogen (secondary N) is 2. The van der Waals surface area contributed by atoms with E-state index in [-0.39, 0.29) is 12.2 Å². The molecule has 3 aromatic carbocycles. The number of nitrogens with zero attached hydrogens (tertiary/aromatic N) is 1. The highest BCUT2D eigenvalue weighted by Crippen LogP contribution is 2.28. The Balaban J connectivity index is 1.58. The van der Waals surface area contributed by atoms with Crippen molar-refractivity contribution in [2.45, 2.75) is 6.61 Å². The first-order valence-electron chi connectivity index (χ1n) is 9.43. The smallest absolute Gasteiger partial charge is 0.339 e. The number of carboxylic acids is 1. The van der Waals surface area contributed by atoms with Gasteiger partial charge in [0.15, 0.2) is 11.5 Å². The van der Waals surface area contributed by atoms with Gasteiger partial charge in [0.2, 0.25) is 0 Å². The first kappa shape index (κ1) is 22.3. The molecule has 0 aromatic heterocycles. The van der Waals surface area contributed by atoms with E-state index in [0.717, 1.165) is 0 Å². The number of carboxylic acid groups (broad SMARTS) is 1. The minimum Gasteiger partial charge on any atom is -0.493 e. The maximum absolute atomic E-state index is 12.9. The average Bonchev–Trinajstić information content (AvgIpc) is 2.79. The number of amides is 2. The fourth-order valence-electron chi connectivity index (χ4n) is 2.70. The number of halogens is 1. The highest BCUT2D eigenvalue weighted by molar-refractivity contribution is 5.90. The summed E-state index contributed by atoms with van der Waals surface area (Å²) in [6, 6.07) is 16.3. The van der Waals surface area contributed by atoms with E-state index in [9.17, 15) is 14.0 Å². The summed E-state index contributed by atoms with van der Waals surface area (Å²) in [6.07, 6.45) is 1.42. The Morgan fingerprint density at radius 1 is 1.06 bits per heavy atom. The van der Waals surface area contributed by atoms with Crippen LogP contribution in [-0.2, 0) is 6.61 Å². The van der Waals surface area contributed by atoms with Gasteiger partial charge in [0.05, 0.1) is 18.9 Å². The van der Waals surface area contributed by atoms with E-state index in [1.807, 2.05) is 0 Å². The summed E-state index contributed by atoms with van der Waals surface area (Å²) < 4.78 is 24.0. The zero-order valence-corrected chi connectivity index (χ0v) is 17.0. The van der Waals surface area contributed by atoms with Crippen molar-refractivity contribution >= 4 is 23.9 Å². The summed E-state index contributed by atoms with van der Waals surface area (Å²) >= 11 is 0. The summed E-state index contributed by atoms with van der Waals surface area (Å²) in [5.74, 6) is -0.497. The standard InChI is InChI=1S/C23H20FN3O5/c1-31-21-12-15(13-25-27-23(30)26-19-8-6-18(24)7-9-19)5-10-20(21)32-14-16-3-2-4-17(11-16)22(28)29/h2-13H,14H2,1H3,(H,28,29)(H2,26,27,30)/b25-13+. The van der Waals surface area contributed by atoms with Crippen LogP contribution in [0.3, 0.4) is 0 Å². The van der Waals surface area contributed by atoms with Crippen molar-refractivity contribution in [1.82, 2.24) is 5.43 Å². The quantitative estimate of drug-likeness (QED) is 0.360. The van der Waals surface area contributed by atoms with Crippen LogP contribution in [0.15, 0.2) is 71.8 Å². The van der Waals surface area contributed by atoms with Gasteiger partial charge in [-0.2, -0.15) is 5.10 Å². The van der Waals surface area contributed by atoms with Gasteiger partial charge in [0.1, 0.15) is 12.4 Å². The Labute approximate surface area is 183 Å². The molecule has 0 aliphatic rings. The molecule has 0 aliphatic carbocycles. The number of carbonyl (C=O) groups excluding carboxylic acids is 1. The van der Waals surface area contributed by atoms with E-state index in [1.165, 1.54) is 43.7 Å².